The third-order valence-electron chi connectivity index (χ3n) is 5.52. The average molecular weight is 372 g/mol. The molecule has 5 heteroatoms. The smallest absolute Gasteiger partial charge is 0.136 e. The molecule has 0 amide bonds. The van der Waals surface area contributed by atoms with Gasteiger partial charge in [-0.15, -0.1) is 0 Å². The van der Waals surface area contributed by atoms with Crippen molar-refractivity contribution in [3.8, 4) is 0 Å². The molecular formula is C21H26ClN3O. The molecule has 0 bridgehead atoms. The predicted molar refractivity (Wildman–Crippen MR) is 105 cm³/mol. The first kappa shape index (κ1) is 18.9. The lowest BCUT2D eigenvalue weighted by atomic mass is 9.75. The number of pyridine rings is 1. The van der Waals surface area contributed by atoms with E-state index in [4.69, 9.17) is 22.4 Å². The molecule has 0 atom stereocenters. The van der Waals surface area contributed by atoms with Crippen LogP contribution < -0.4 is 5.49 Å². The summed E-state index contributed by atoms with van der Waals surface area (Å²) in [6.07, 6.45) is 5.92. The summed E-state index contributed by atoms with van der Waals surface area (Å²) in [5.74, 6) is 0.402. The van der Waals surface area contributed by atoms with Gasteiger partial charge in [-0.05, 0) is 55.9 Å². The Bertz CT molecular complexity index is 862. The molecule has 26 heavy (non-hydrogen) atoms. The lowest BCUT2D eigenvalue weighted by molar-refractivity contribution is -0.0405. The third kappa shape index (κ3) is 3.01. The Morgan fingerprint density at radius 1 is 1.08 bits per heavy atom. The summed E-state index contributed by atoms with van der Waals surface area (Å²) in [6, 6.07) is 11.3. The van der Waals surface area contributed by atoms with Gasteiger partial charge < -0.3 is 5.11 Å². The SMILES string of the molecule is CC.N=C(n1cccc(C2(O)CCC2)c1=N)C1(c2ccc(Cl)cc2)CC1. The van der Waals surface area contributed by atoms with Crippen molar-refractivity contribution in [3.05, 3.63) is 64.2 Å². The van der Waals surface area contributed by atoms with Crippen molar-refractivity contribution in [2.45, 2.75) is 57.0 Å². The highest BCUT2D eigenvalue weighted by atomic mass is 35.5. The van der Waals surface area contributed by atoms with Gasteiger partial charge in [-0.25, -0.2) is 0 Å². The van der Waals surface area contributed by atoms with Crippen molar-refractivity contribution in [2.24, 2.45) is 0 Å². The molecular weight excluding hydrogens is 346 g/mol. The highest BCUT2D eigenvalue weighted by Gasteiger charge is 2.49. The first-order chi connectivity index (χ1) is 12.5. The van der Waals surface area contributed by atoms with E-state index in [2.05, 4.69) is 0 Å². The maximum atomic E-state index is 10.6. The number of aliphatic hydroxyl groups is 1. The Morgan fingerprint density at radius 3 is 2.19 bits per heavy atom. The molecule has 2 saturated carbocycles. The summed E-state index contributed by atoms with van der Waals surface area (Å²) >= 11 is 5.98. The molecule has 0 saturated heterocycles. The molecule has 2 fully saturated rings. The minimum atomic E-state index is -0.892. The Labute approximate surface area is 159 Å². The summed E-state index contributed by atoms with van der Waals surface area (Å²) in [5.41, 5.74) is 0.693. The monoisotopic (exact) mass is 371 g/mol. The molecule has 2 aliphatic carbocycles. The number of hydrogen-bond acceptors (Lipinski definition) is 3. The molecule has 138 valence electrons. The molecule has 0 unspecified atom stereocenters. The first-order valence-corrected chi connectivity index (χ1v) is 9.69. The van der Waals surface area contributed by atoms with E-state index in [1.807, 2.05) is 50.2 Å². The van der Waals surface area contributed by atoms with Crippen LogP contribution in [0, 0.1) is 10.8 Å². The van der Waals surface area contributed by atoms with Crippen LogP contribution in [0.15, 0.2) is 42.6 Å². The van der Waals surface area contributed by atoms with E-state index in [-0.39, 0.29) is 10.9 Å². The van der Waals surface area contributed by atoms with Gasteiger partial charge in [-0.3, -0.25) is 15.4 Å². The zero-order valence-electron chi connectivity index (χ0n) is 15.3. The summed E-state index contributed by atoms with van der Waals surface area (Å²) in [5, 5.41) is 28.5. The minimum absolute atomic E-state index is 0.227. The average Bonchev–Trinajstić information content (AvgIpc) is 3.44. The largest absolute Gasteiger partial charge is 0.385 e. The van der Waals surface area contributed by atoms with E-state index < -0.39 is 5.60 Å². The molecule has 2 aliphatic rings. The van der Waals surface area contributed by atoms with Gasteiger partial charge in [0.15, 0.2) is 0 Å². The molecule has 0 spiro atoms. The number of benzene rings is 1. The molecule has 1 heterocycles. The quantitative estimate of drug-likeness (QED) is 0.536. The van der Waals surface area contributed by atoms with Gasteiger partial charge in [0, 0.05) is 16.8 Å². The highest BCUT2D eigenvalue weighted by Crippen LogP contribution is 2.49. The fourth-order valence-electron chi connectivity index (χ4n) is 3.64. The summed E-state index contributed by atoms with van der Waals surface area (Å²) in [4.78, 5) is 0. The lowest BCUT2D eigenvalue weighted by Crippen LogP contribution is -2.43. The normalized spacial score (nSPS) is 18.9. The van der Waals surface area contributed by atoms with Crippen molar-refractivity contribution in [2.75, 3.05) is 0 Å². The number of aromatic nitrogens is 1. The number of halogens is 1. The van der Waals surface area contributed by atoms with Crippen molar-refractivity contribution >= 4 is 17.4 Å². The van der Waals surface area contributed by atoms with Crippen LogP contribution in [0.5, 0.6) is 0 Å². The Kier molecular flexibility index (Phi) is 5.09. The number of nitrogens with one attached hydrogen (secondary N) is 2. The summed E-state index contributed by atoms with van der Waals surface area (Å²) in [7, 11) is 0. The Hall–Kier alpha value is -1.91. The van der Waals surface area contributed by atoms with Crippen LogP contribution in [0.25, 0.3) is 0 Å². The number of rotatable bonds is 3. The van der Waals surface area contributed by atoms with Crippen molar-refractivity contribution in [3.63, 3.8) is 0 Å². The van der Waals surface area contributed by atoms with Crippen LogP contribution in [0.4, 0.5) is 0 Å². The van der Waals surface area contributed by atoms with Crippen LogP contribution >= 0.6 is 11.6 Å². The summed E-state index contributed by atoms with van der Waals surface area (Å²) < 4.78 is 1.62. The molecule has 1 aromatic heterocycles. The van der Waals surface area contributed by atoms with E-state index in [0.717, 1.165) is 24.8 Å². The second kappa shape index (κ2) is 7.01. The second-order valence-corrected chi connectivity index (χ2v) is 7.40. The fourth-order valence-corrected chi connectivity index (χ4v) is 3.76. The minimum Gasteiger partial charge on any atom is -0.385 e. The fraction of sp³-hybridized carbons (Fsp3) is 0.429. The molecule has 0 aliphatic heterocycles. The zero-order chi connectivity index (χ0) is 18.9. The van der Waals surface area contributed by atoms with Crippen LogP contribution in [0.3, 0.4) is 0 Å². The number of hydrogen-bond donors (Lipinski definition) is 3. The molecule has 4 nitrogen and oxygen atoms in total. The van der Waals surface area contributed by atoms with Crippen LogP contribution in [0.1, 0.15) is 57.1 Å². The van der Waals surface area contributed by atoms with Crippen LogP contribution in [0.2, 0.25) is 5.02 Å². The molecule has 0 radical (unpaired) electrons. The maximum Gasteiger partial charge on any atom is 0.136 e. The van der Waals surface area contributed by atoms with Crippen molar-refractivity contribution in [1.82, 2.24) is 4.57 Å². The topological polar surface area (TPSA) is 72.9 Å². The molecule has 3 N–H and O–H groups in total. The molecule has 2 aromatic rings. The predicted octanol–water partition coefficient (Wildman–Crippen LogP) is 4.58. The van der Waals surface area contributed by atoms with Crippen molar-refractivity contribution in [1.29, 1.82) is 10.8 Å². The van der Waals surface area contributed by atoms with Gasteiger partial charge in [0.2, 0.25) is 0 Å². The van der Waals surface area contributed by atoms with Crippen LogP contribution in [-0.4, -0.2) is 15.5 Å². The van der Waals surface area contributed by atoms with Gasteiger partial charge in [0.25, 0.3) is 0 Å². The van der Waals surface area contributed by atoms with Gasteiger partial charge >= 0.3 is 0 Å². The standard InChI is InChI=1S/C19H20ClN3O.C2H6/c20-14-6-4-13(5-7-14)18(10-11-18)17(22)23-12-1-3-15(16(23)21)19(24)8-2-9-19;1-2/h1,3-7,12,21-22,24H,2,8-11H2;1-2H3. The van der Waals surface area contributed by atoms with Crippen LogP contribution in [-0.2, 0) is 11.0 Å². The molecule has 1 aromatic carbocycles. The summed E-state index contributed by atoms with van der Waals surface area (Å²) in [6.45, 7) is 4.00. The van der Waals surface area contributed by atoms with Gasteiger partial charge in [0.1, 0.15) is 11.3 Å². The first-order valence-electron chi connectivity index (χ1n) is 9.31. The third-order valence-corrected chi connectivity index (χ3v) is 5.77. The Balaban J connectivity index is 0.000000948. The highest BCUT2D eigenvalue weighted by molar-refractivity contribution is 6.30. The van der Waals surface area contributed by atoms with Crippen molar-refractivity contribution < 1.29 is 5.11 Å². The van der Waals surface area contributed by atoms with Gasteiger partial charge in [0.05, 0.1) is 11.0 Å². The van der Waals surface area contributed by atoms with Gasteiger partial charge in [-0.1, -0.05) is 43.6 Å². The van der Waals surface area contributed by atoms with E-state index in [0.29, 0.717) is 29.3 Å². The Morgan fingerprint density at radius 2 is 1.69 bits per heavy atom. The second-order valence-electron chi connectivity index (χ2n) is 6.96. The van der Waals surface area contributed by atoms with E-state index in [1.54, 1.807) is 10.8 Å². The maximum absolute atomic E-state index is 10.6. The van der Waals surface area contributed by atoms with Gasteiger partial charge in [-0.2, -0.15) is 0 Å². The lowest BCUT2D eigenvalue weighted by Gasteiger charge is -2.37. The number of nitrogens with zero attached hydrogens (tertiary/aromatic N) is 1. The zero-order valence-corrected chi connectivity index (χ0v) is 16.1. The van der Waals surface area contributed by atoms with E-state index in [1.165, 1.54) is 0 Å². The molecule has 4 rings (SSSR count). The van der Waals surface area contributed by atoms with E-state index >= 15 is 0 Å². The van der Waals surface area contributed by atoms with E-state index in [9.17, 15) is 5.11 Å².